The van der Waals surface area contributed by atoms with Crippen molar-refractivity contribution in [2.45, 2.75) is 46.2 Å². The van der Waals surface area contributed by atoms with Gasteiger partial charge in [0.1, 0.15) is 0 Å². The van der Waals surface area contributed by atoms with E-state index >= 15 is 0 Å². The molecule has 0 saturated carbocycles. The van der Waals surface area contributed by atoms with E-state index in [0.717, 1.165) is 25.1 Å². The number of hydrogen-bond acceptors (Lipinski definition) is 3. The topological polar surface area (TPSA) is 29.9 Å². The SMILES string of the molecule is CCc1ccc(C(Cc2cc(C)nn2CC)NC)s1. The van der Waals surface area contributed by atoms with Crippen molar-refractivity contribution in [1.29, 1.82) is 0 Å². The fourth-order valence-electron chi connectivity index (χ4n) is 2.36. The van der Waals surface area contributed by atoms with Crippen LogP contribution in [-0.2, 0) is 19.4 Å². The summed E-state index contributed by atoms with van der Waals surface area (Å²) in [4.78, 5) is 2.87. The first-order valence-corrected chi connectivity index (χ1v) is 7.78. The lowest BCUT2D eigenvalue weighted by atomic mass is 10.1. The molecule has 2 aromatic heterocycles. The lowest BCUT2D eigenvalue weighted by Gasteiger charge is -2.15. The van der Waals surface area contributed by atoms with E-state index in [2.05, 4.69) is 54.1 Å². The van der Waals surface area contributed by atoms with Crippen LogP contribution in [0.2, 0.25) is 0 Å². The van der Waals surface area contributed by atoms with Crippen molar-refractivity contribution < 1.29 is 0 Å². The Bertz CT molecular complexity index is 527. The van der Waals surface area contributed by atoms with Crippen molar-refractivity contribution in [3.05, 3.63) is 39.3 Å². The van der Waals surface area contributed by atoms with E-state index in [0.29, 0.717) is 6.04 Å². The first kappa shape index (κ1) is 14.3. The number of rotatable bonds is 6. The van der Waals surface area contributed by atoms with E-state index in [-0.39, 0.29) is 0 Å². The Kier molecular flexibility index (Phi) is 4.77. The van der Waals surface area contributed by atoms with Crippen molar-refractivity contribution in [2.24, 2.45) is 0 Å². The predicted molar refractivity (Wildman–Crippen MR) is 81.8 cm³/mol. The molecule has 0 aliphatic carbocycles. The zero-order chi connectivity index (χ0) is 13.8. The molecule has 1 atom stereocenters. The maximum Gasteiger partial charge on any atom is 0.0596 e. The molecule has 2 rings (SSSR count). The van der Waals surface area contributed by atoms with E-state index in [9.17, 15) is 0 Å². The van der Waals surface area contributed by atoms with Crippen molar-refractivity contribution in [1.82, 2.24) is 15.1 Å². The Morgan fingerprint density at radius 1 is 1.37 bits per heavy atom. The first-order chi connectivity index (χ1) is 9.17. The zero-order valence-corrected chi connectivity index (χ0v) is 13.0. The van der Waals surface area contributed by atoms with Gasteiger partial charge in [-0.05, 0) is 45.5 Å². The first-order valence-electron chi connectivity index (χ1n) is 6.97. The Morgan fingerprint density at radius 2 is 2.16 bits per heavy atom. The van der Waals surface area contributed by atoms with Gasteiger partial charge in [-0.2, -0.15) is 5.10 Å². The van der Waals surface area contributed by atoms with Crippen LogP contribution < -0.4 is 5.32 Å². The van der Waals surface area contributed by atoms with Gasteiger partial charge in [-0.15, -0.1) is 11.3 Å². The molecule has 0 aliphatic rings. The highest BCUT2D eigenvalue weighted by Crippen LogP contribution is 2.26. The molecule has 0 aliphatic heterocycles. The molecule has 104 valence electrons. The number of hydrogen-bond donors (Lipinski definition) is 1. The van der Waals surface area contributed by atoms with Gasteiger partial charge in [0.2, 0.25) is 0 Å². The van der Waals surface area contributed by atoms with E-state index < -0.39 is 0 Å². The van der Waals surface area contributed by atoms with Crippen LogP contribution in [-0.4, -0.2) is 16.8 Å². The molecular weight excluding hydrogens is 254 g/mol. The number of thiophene rings is 1. The Balaban J connectivity index is 2.18. The smallest absolute Gasteiger partial charge is 0.0596 e. The molecule has 19 heavy (non-hydrogen) atoms. The van der Waals surface area contributed by atoms with Gasteiger partial charge in [0.15, 0.2) is 0 Å². The van der Waals surface area contributed by atoms with Crippen molar-refractivity contribution >= 4 is 11.3 Å². The fraction of sp³-hybridized carbons (Fsp3) is 0.533. The van der Waals surface area contributed by atoms with E-state index in [1.54, 1.807) is 0 Å². The van der Waals surface area contributed by atoms with Gasteiger partial charge < -0.3 is 5.32 Å². The summed E-state index contributed by atoms with van der Waals surface area (Å²) >= 11 is 1.91. The minimum atomic E-state index is 0.381. The largest absolute Gasteiger partial charge is 0.312 e. The molecule has 1 unspecified atom stereocenters. The third-order valence-corrected chi connectivity index (χ3v) is 4.76. The Hall–Kier alpha value is -1.13. The normalized spacial score (nSPS) is 12.8. The summed E-state index contributed by atoms with van der Waals surface area (Å²) in [5, 5.41) is 7.96. The molecule has 0 amide bonds. The molecule has 0 aromatic carbocycles. The molecule has 3 nitrogen and oxygen atoms in total. The fourth-order valence-corrected chi connectivity index (χ4v) is 3.43. The van der Waals surface area contributed by atoms with Crippen LogP contribution in [0.25, 0.3) is 0 Å². The number of aromatic nitrogens is 2. The minimum Gasteiger partial charge on any atom is -0.312 e. The highest BCUT2D eigenvalue weighted by Gasteiger charge is 2.15. The van der Waals surface area contributed by atoms with Crippen LogP contribution in [0.1, 0.15) is 41.0 Å². The summed E-state index contributed by atoms with van der Waals surface area (Å²) in [6.45, 7) is 7.35. The van der Waals surface area contributed by atoms with Crippen LogP contribution in [0.5, 0.6) is 0 Å². The van der Waals surface area contributed by atoms with Gasteiger partial charge in [-0.1, -0.05) is 6.92 Å². The average Bonchev–Trinajstić information content (AvgIpc) is 3.01. The highest BCUT2D eigenvalue weighted by atomic mass is 32.1. The Labute approximate surface area is 119 Å². The van der Waals surface area contributed by atoms with Crippen LogP contribution in [0.3, 0.4) is 0 Å². The molecule has 0 bridgehead atoms. The van der Waals surface area contributed by atoms with Gasteiger partial charge >= 0.3 is 0 Å². The van der Waals surface area contributed by atoms with Crippen molar-refractivity contribution in [2.75, 3.05) is 7.05 Å². The summed E-state index contributed by atoms with van der Waals surface area (Å²) in [6, 6.07) is 7.07. The molecular formula is C15H23N3S. The van der Waals surface area contributed by atoms with Gasteiger partial charge in [-0.3, -0.25) is 4.68 Å². The van der Waals surface area contributed by atoms with Gasteiger partial charge in [0, 0.05) is 34.5 Å². The predicted octanol–water partition coefficient (Wildman–Crippen LogP) is 3.34. The molecule has 1 N–H and O–H groups in total. The standard InChI is InChI=1S/C15H23N3S/c1-5-13-7-8-15(19-13)14(16-4)10-12-9-11(3)17-18(12)6-2/h7-9,14,16H,5-6,10H2,1-4H3. The summed E-state index contributed by atoms with van der Waals surface area (Å²) in [6.07, 6.45) is 2.11. The van der Waals surface area contributed by atoms with Gasteiger partial charge in [0.05, 0.1) is 5.69 Å². The summed E-state index contributed by atoms with van der Waals surface area (Å²) < 4.78 is 2.11. The molecule has 2 aromatic rings. The van der Waals surface area contributed by atoms with Crippen LogP contribution in [0, 0.1) is 6.92 Å². The van der Waals surface area contributed by atoms with E-state index in [1.807, 2.05) is 18.4 Å². The van der Waals surface area contributed by atoms with Crippen LogP contribution in [0.4, 0.5) is 0 Å². The zero-order valence-electron chi connectivity index (χ0n) is 12.2. The quantitative estimate of drug-likeness (QED) is 0.877. The summed E-state index contributed by atoms with van der Waals surface area (Å²) in [5.74, 6) is 0. The monoisotopic (exact) mass is 277 g/mol. The molecule has 0 saturated heterocycles. The number of nitrogens with one attached hydrogen (secondary N) is 1. The lowest BCUT2D eigenvalue weighted by molar-refractivity contribution is 0.546. The number of likely N-dealkylation sites (N-methyl/N-ethyl adjacent to an activating group) is 1. The molecule has 0 fully saturated rings. The highest BCUT2D eigenvalue weighted by molar-refractivity contribution is 7.12. The van der Waals surface area contributed by atoms with Gasteiger partial charge in [-0.25, -0.2) is 0 Å². The number of nitrogens with zero attached hydrogens (tertiary/aromatic N) is 2. The third-order valence-electron chi connectivity index (χ3n) is 3.42. The van der Waals surface area contributed by atoms with E-state index in [4.69, 9.17) is 0 Å². The molecule has 0 spiro atoms. The van der Waals surface area contributed by atoms with Crippen molar-refractivity contribution in [3.63, 3.8) is 0 Å². The van der Waals surface area contributed by atoms with E-state index in [1.165, 1.54) is 15.4 Å². The second-order valence-electron chi connectivity index (χ2n) is 4.80. The van der Waals surface area contributed by atoms with Crippen LogP contribution >= 0.6 is 11.3 Å². The minimum absolute atomic E-state index is 0.381. The van der Waals surface area contributed by atoms with Crippen LogP contribution in [0.15, 0.2) is 18.2 Å². The maximum absolute atomic E-state index is 4.52. The molecule has 0 radical (unpaired) electrons. The summed E-state index contributed by atoms with van der Waals surface area (Å²) in [7, 11) is 2.04. The lowest BCUT2D eigenvalue weighted by Crippen LogP contribution is -2.19. The maximum atomic E-state index is 4.52. The third kappa shape index (κ3) is 3.25. The molecule has 2 heterocycles. The van der Waals surface area contributed by atoms with Crippen molar-refractivity contribution in [3.8, 4) is 0 Å². The molecule has 4 heteroatoms. The average molecular weight is 277 g/mol. The Morgan fingerprint density at radius 3 is 2.74 bits per heavy atom. The second-order valence-corrected chi connectivity index (χ2v) is 6.00. The summed E-state index contributed by atoms with van der Waals surface area (Å²) in [5.41, 5.74) is 2.41. The second kappa shape index (κ2) is 6.35. The van der Waals surface area contributed by atoms with Gasteiger partial charge in [0.25, 0.3) is 0 Å². The number of aryl methyl sites for hydroxylation is 3.